The molecule has 1 N–H and O–H groups in total. The Bertz CT molecular complexity index is 720. The molecule has 1 saturated heterocycles. The summed E-state index contributed by atoms with van der Waals surface area (Å²) >= 11 is 0. The zero-order chi connectivity index (χ0) is 14.3. The number of aromatic nitrogens is 2. The van der Waals surface area contributed by atoms with E-state index >= 15 is 0 Å². The first kappa shape index (κ1) is 13.1. The Hall–Kier alpha value is -1.86. The second-order valence-corrected chi connectivity index (χ2v) is 5.11. The first-order valence-corrected chi connectivity index (χ1v) is 6.07. The molecule has 1 fully saturated rings. The van der Waals surface area contributed by atoms with Crippen molar-refractivity contribution in [3.63, 3.8) is 0 Å². The van der Waals surface area contributed by atoms with Crippen LogP contribution in [-0.2, 0) is 11.3 Å². The summed E-state index contributed by atoms with van der Waals surface area (Å²) in [5.74, 6) is -2.13. The molecule has 1 aliphatic rings. The monoisotopic (exact) mass is 282 g/mol. The summed E-state index contributed by atoms with van der Waals surface area (Å²) in [7, 11) is 0. The van der Waals surface area contributed by atoms with E-state index in [1.165, 1.54) is 10.9 Å². The highest BCUT2D eigenvalue weighted by Gasteiger charge is 2.38. The van der Waals surface area contributed by atoms with Crippen LogP contribution in [0.3, 0.4) is 0 Å². The van der Waals surface area contributed by atoms with E-state index in [-0.39, 0.29) is 24.1 Å². The van der Waals surface area contributed by atoms with Gasteiger partial charge in [0.05, 0.1) is 42.5 Å². The molecule has 0 radical (unpaired) electrons. The van der Waals surface area contributed by atoms with E-state index in [2.05, 4.69) is 4.98 Å². The van der Waals surface area contributed by atoms with Crippen molar-refractivity contribution < 1.29 is 18.6 Å². The first-order valence-electron chi connectivity index (χ1n) is 6.07. The van der Waals surface area contributed by atoms with Crippen molar-refractivity contribution in [2.45, 2.75) is 6.54 Å². The lowest BCUT2D eigenvalue weighted by Gasteiger charge is -2.39. The second-order valence-electron chi connectivity index (χ2n) is 5.11. The number of hydrogen-bond acceptors (Lipinski definition) is 4. The lowest BCUT2D eigenvalue weighted by Crippen LogP contribution is -2.50. The maximum atomic E-state index is 13.2. The number of hydrogen-bond donors (Lipinski definition) is 1. The maximum absolute atomic E-state index is 13.2. The van der Waals surface area contributed by atoms with E-state index in [0.29, 0.717) is 13.2 Å². The third-order valence-corrected chi connectivity index (χ3v) is 3.52. The van der Waals surface area contributed by atoms with Crippen LogP contribution in [0, 0.1) is 17.0 Å². The van der Waals surface area contributed by atoms with Crippen LogP contribution >= 0.6 is 0 Å². The molecule has 0 spiro atoms. The molecule has 20 heavy (non-hydrogen) atoms. The number of ether oxygens (including phenoxy) is 1. The molecule has 2 heterocycles. The van der Waals surface area contributed by atoms with E-state index in [4.69, 9.17) is 4.74 Å². The molecule has 1 aliphatic heterocycles. The van der Waals surface area contributed by atoms with Crippen molar-refractivity contribution in [3.8, 4) is 0 Å². The summed E-state index contributed by atoms with van der Waals surface area (Å²) < 4.78 is 32.7. The van der Waals surface area contributed by atoms with Gasteiger partial charge in [0.25, 0.3) is 5.56 Å². The van der Waals surface area contributed by atoms with Crippen molar-refractivity contribution in [2.24, 2.45) is 5.41 Å². The van der Waals surface area contributed by atoms with Crippen LogP contribution in [0.2, 0.25) is 0 Å². The Morgan fingerprint density at radius 1 is 1.35 bits per heavy atom. The van der Waals surface area contributed by atoms with Crippen LogP contribution in [-0.4, -0.2) is 34.5 Å². The van der Waals surface area contributed by atoms with Gasteiger partial charge >= 0.3 is 0 Å². The summed E-state index contributed by atoms with van der Waals surface area (Å²) in [6, 6.07) is 1.74. The van der Waals surface area contributed by atoms with Gasteiger partial charge in [0.2, 0.25) is 0 Å². The van der Waals surface area contributed by atoms with Crippen LogP contribution in [0.4, 0.5) is 8.78 Å². The largest absolute Gasteiger partial charge is 0.396 e. The lowest BCUT2D eigenvalue weighted by molar-refractivity contribution is -0.145. The Morgan fingerprint density at radius 3 is 2.65 bits per heavy atom. The average Bonchev–Trinajstić information content (AvgIpc) is 2.39. The highest BCUT2D eigenvalue weighted by atomic mass is 19.2. The first-order chi connectivity index (χ1) is 9.54. The molecule has 3 rings (SSSR count). The predicted octanol–water partition coefficient (Wildman–Crippen LogP) is 0.684. The Kier molecular flexibility index (Phi) is 3.02. The fourth-order valence-electron chi connectivity index (χ4n) is 2.25. The summed E-state index contributed by atoms with van der Waals surface area (Å²) in [5.41, 5.74) is -0.862. The molecule has 1 aromatic carbocycles. The molecule has 2 aromatic rings. The van der Waals surface area contributed by atoms with Gasteiger partial charge in [0.15, 0.2) is 11.6 Å². The van der Waals surface area contributed by atoms with Crippen molar-refractivity contribution >= 4 is 10.9 Å². The minimum absolute atomic E-state index is 0.0136. The third kappa shape index (κ3) is 1.99. The Balaban J connectivity index is 2.07. The normalized spacial score (nSPS) is 17.1. The topological polar surface area (TPSA) is 64.4 Å². The SMILES string of the molecule is O=c1c2cc(F)c(F)cc2ncn1CC1(CO)COC1. The number of fused-ring (bicyclic) bond motifs is 1. The number of benzene rings is 1. The van der Waals surface area contributed by atoms with Crippen molar-refractivity contribution in [2.75, 3.05) is 19.8 Å². The number of rotatable bonds is 3. The molecule has 0 unspecified atom stereocenters. The van der Waals surface area contributed by atoms with Gasteiger partial charge in [-0.3, -0.25) is 9.36 Å². The predicted molar refractivity (Wildman–Crippen MR) is 66.3 cm³/mol. The Labute approximate surface area is 112 Å². The quantitative estimate of drug-likeness (QED) is 0.899. The average molecular weight is 282 g/mol. The van der Waals surface area contributed by atoms with Gasteiger partial charge in [-0.1, -0.05) is 0 Å². The highest BCUT2D eigenvalue weighted by molar-refractivity contribution is 5.77. The number of aliphatic hydroxyl groups is 1. The van der Waals surface area contributed by atoms with Crippen molar-refractivity contribution in [1.29, 1.82) is 0 Å². The second kappa shape index (κ2) is 4.60. The number of nitrogens with zero attached hydrogens (tertiary/aromatic N) is 2. The number of halogens is 2. The van der Waals surface area contributed by atoms with E-state index in [1.807, 2.05) is 0 Å². The van der Waals surface area contributed by atoms with Crippen LogP contribution in [0.15, 0.2) is 23.3 Å². The number of aliphatic hydroxyl groups excluding tert-OH is 1. The summed E-state index contributed by atoms with van der Waals surface area (Å²) in [6.45, 7) is 0.817. The lowest BCUT2D eigenvalue weighted by atomic mass is 9.87. The molecule has 0 atom stereocenters. The van der Waals surface area contributed by atoms with Gasteiger partial charge in [0, 0.05) is 12.6 Å². The summed E-state index contributed by atoms with van der Waals surface area (Å²) in [4.78, 5) is 16.2. The molecule has 0 amide bonds. The summed E-state index contributed by atoms with van der Waals surface area (Å²) in [5, 5.41) is 9.37. The van der Waals surface area contributed by atoms with Crippen LogP contribution < -0.4 is 5.56 Å². The van der Waals surface area contributed by atoms with E-state index in [0.717, 1.165) is 12.1 Å². The van der Waals surface area contributed by atoms with Gasteiger partial charge in [-0.25, -0.2) is 13.8 Å². The standard InChI is InChI=1S/C13H12F2N2O3/c14-9-1-8-11(2-10(9)15)16-7-17(12(8)19)3-13(4-18)5-20-6-13/h1-2,7,18H,3-6H2. The minimum atomic E-state index is -1.09. The van der Waals surface area contributed by atoms with Gasteiger partial charge in [-0.15, -0.1) is 0 Å². The molecule has 0 aliphatic carbocycles. The zero-order valence-electron chi connectivity index (χ0n) is 10.5. The van der Waals surface area contributed by atoms with Crippen LogP contribution in [0.1, 0.15) is 0 Å². The molecule has 5 nitrogen and oxygen atoms in total. The fraction of sp³-hybridized carbons (Fsp3) is 0.385. The van der Waals surface area contributed by atoms with Crippen LogP contribution in [0.5, 0.6) is 0 Å². The van der Waals surface area contributed by atoms with E-state index in [9.17, 15) is 18.7 Å². The van der Waals surface area contributed by atoms with Gasteiger partial charge in [0.1, 0.15) is 0 Å². The molecule has 0 saturated carbocycles. The summed E-state index contributed by atoms with van der Waals surface area (Å²) in [6.07, 6.45) is 1.28. The van der Waals surface area contributed by atoms with Crippen molar-refractivity contribution in [3.05, 3.63) is 40.4 Å². The van der Waals surface area contributed by atoms with Crippen LogP contribution in [0.25, 0.3) is 10.9 Å². The van der Waals surface area contributed by atoms with Gasteiger partial charge in [-0.2, -0.15) is 0 Å². The fourth-order valence-corrected chi connectivity index (χ4v) is 2.25. The molecule has 1 aromatic heterocycles. The molecule has 7 heteroatoms. The van der Waals surface area contributed by atoms with E-state index in [1.54, 1.807) is 0 Å². The van der Waals surface area contributed by atoms with Gasteiger partial charge in [-0.05, 0) is 6.07 Å². The van der Waals surface area contributed by atoms with Gasteiger partial charge < -0.3 is 9.84 Å². The maximum Gasteiger partial charge on any atom is 0.261 e. The van der Waals surface area contributed by atoms with Crippen molar-refractivity contribution in [1.82, 2.24) is 9.55 Å². The zero-order valence-corrected chi connectivity index (χ0v) is 10.5. The molecular weight excluding hydrogens is 270 g/mol. The minimum Gasteiger partial charge on any atom is -0.396 e. The molecule has 0 bridgehead atoms. The van der Waals surface area contributed by atoms with E-state index < -0.39 is 22.6 Å². The highest BCUT2D eigenvalue weighted by Crippen LogP contribution is 2.28. The molecular formula is C13H12F2N2O3. The molecule has 106 valence electrons. The Morgan fingerprint density at radius 2 is 2.05 bits per heavy atom. The third-order valence-electron chi connectivity index (χ3n) is 3.52. The smallest absolute Gasteiger partial charge is 0.261 e.